The molecule has 0 saturated heterocycles. The Morgan fingerprint density at radius 3 is 1.92 bits per heavy atom. The summed E-state index contributed by atoms with van der Waals surface area (Å²) in [5, 5.41) is 9.49. The van der Waals surface area contributed by atoms with Gasteiger partial charge in [0, 0.05) is 0 Å². The normalized spacial score (nSPS) is 12.1. The zero-order chi connectivity index (χ0) is 17.6. The van der Waals surface area contributed by atoms with Crippen molar-refractivity contribution in [1.29, 1.82) is 0 Å². The molecule has 0 heterocycles. The van der Waals surface area contributed by atoms with Gasteiger partial charge < -0.3 is 9.84 Å². The van der Waals surface area contributed by atoms with Crippen LogP contribution in [0.4, 0.5) is 0 Å². The van der Waals surface area contributed by atoms with Gasteiger partial charge in [0.1, 0.15) is 5.75 Å². The van der Waals surface area contributed by atoms with Gasteiger partial charge in [0.25, 0.3) is 0 Å². The van der Waals surface area contributed by atoms with Crippen LogP contribution in [0.1, 0.15) is 83.6 Å². The van der Waals surface area contributed by atoms with Gasteiger partial charge in [0.05, 0.1) is 17.6 Å². The van der Waals surface area contributed by atoms with Gasteiger partial charge in [0.2, 0.25) is 0 Å². The highest BCUT2D eigenvalue weighted by molar-refractivity contribution is 7.81. The van der Waals surface area contributed by atoms with Crippen LogP contribution in [0.15, 0.2) is 24.3 Å². The maximum absolute atomic E-state index is 9.49. The number of hydrogen-bond donors (Lipinski definition) is 1. The number of rotatable bonds is 14. The van der Waals surface area contributed by atoms with Crippen LogP contribution in [0.3, 0.4) is 0 Å². The smallest absolute Gasteiger partial charge is 0.119 e. The molecule has 0 spiro atoms. The second-order valence-corrected chi connectivity index (χ2v) is 7.03. The minimum Gasteiger partial charge on any atom is -0.494 e. The molecule has 24 heavy (non-hydrogen) atoms. The minimum absolute atomic E-state index is 0.580. The first-order valence-electron chi connectivity index (χ1n) is 9.60. The predicted molar refractivity (Wildman–Crippen MR) is 107 cm³/mol. The Hall–Kier alpha value is -0.930. The predicted octanol–water partition coefficient (Wildman–Crippen LogP) is 6.09. The fourth-order valence-electron chi connectivity index (χ4n) is 2.74. The summed E-state index contributed by atoms with van der Waals surface area (Å²) >= 11 is 5.18. The lowest BCUT2D eigenvalue weighted by Crippen LogP contribution is -2.14. The van der Waals surface area contributed by atoms with Gasteiger partial charge >= 0.3 is 0 Å². The Kier molecular flexibility index (Phi) is 11.8. The Balaban J connectivity index is 2.02. The van der Waals surface area contributed by atoms with E-state index in [1.165, 1.54) is 57.8 Å². The molecule has 2 nitrogen and oxygen atoms in total. The first-order chi connectivity index (χ1) is 11.6. The van der Waals surface area contributed by atoms with Crippen molar-refractivity contribution in [3.8, 4) is 5.75 Å². The van der Waals surface area contributed by atoms with Crippen molar-refractivity contribution >= 4 is 17.1 Å². The summed E-state index contributed by atoms with van der Waals surface area (Å²) in [7, 11) is 0. The summed E-state index contributed by atoms with van der Waals surface area (Å²) in [6, 6.07) is 7.70. The summed E-state index contributed by atoms with van der Waals surface area (Å²) in [5.74, 6) is 0.878. The van der Waals surface area contributed by atoms with Crippen LogP contribution in [-0.4, -0.2) is 22.7 Å². The van der Waals surface area contributed by atoms with Gasteiger partial charge in [-0.25, -0.2) is 0 Å². The molecule has 0 aliphatic heterocycles. The van der Waals surface area contributed by atoms with E-state index in [1.54, 1.807) is 6.92 Å². The Labute approximate surface area is 153 Å². The molecule has 0 bridgehead atoms. The van der Waals surface area contributed by atoms with Crippen molar-refractivity contribution in [2.24, 2.45) is 0 Å². The van der Waals surface area contributed by atoms with Crippen LogP contribution >= 0.6 is 12.2 Å². The van der Waals surface area contributed by atoms with Gasteiger partial charge in [-0.15, -0.1) is 0 Å². The fraction of sp³-hybridized carbons (Fsp3) is 0.667. The monoisotopic (exact) mass is 350 g/mol. The standard InChI is InChI=1S/C21H34O2S/c1-3-4-5-6-7-8-9-10-11-12-17-23-20-15-13-19(14-16-20)21(24)18(2)22/h13-16,18,22H,3-12,17H2,1-2H3. The van der Waals surface area contributed by atoms with Crippen molar-refractivity contribution in [3.63, 3.8) is 0 Å². The molecule has 0 saturated carbocycles. The third-order valence-corrected chi connectivity index (χ3v) is 4.86. The third kappa shape index (κ3) is 9.39. The van der Waals surface area contributed by atoms with Crippen LogP contribution in [0, 0.1) is 0 Å². The number of unbranched alkanes of at least 4 members (excludes halogenated alkanes) is 9. The lowest BCUT2D eigenvalue weighted by atomic mass is 10.1. The molecule has 0 amide bonds. The molecule has 1 unspecified atom stereocenters. The van der Waals surface area contributed by atoms with Crippen LogP contribution in [0.5, 0.6) is 5.75 Å². The largest absolute Gasteiger partial charge is 0.494 e. The minimum atomic E-state index is -0.585. The molecule has 1 rings (SSSR count). The van der Waals surface area contributed by atoms with E-state index >= 15 is 0 Å². The van der Waals surface area contributed by atoms with Gasteiger partial charge in [-0.3, -0.25) is 0 Å². The summed E-state index contributed by atoms with van der Waals surface area (Å²) in [4.78, 5) is 0.580. The highest BCUT2D eigenvalue weighted by Gasteiger charge is 2.07. The quantitative estimate of drug-likeness (QED) is 0.250. The molecule has 3 heteroatoms. The van der Waals surface area contributed by atoms with Crippen LogP contribution < -0.4 is 4.74 Å². The summed E-state index contributed by atoms with van der Waals surface area (Å²) in [5.41, 5.74) is 0.895. The van der Waals surface area contributed by atoms with E-state index in [0.717, 1.165) is 24.3 Å². The van der Waals surface area contributed by atoms with Crippen LogP contribution in [0.2, 0.25) is 0 Å². The zero-order valence-electron chi connectivity index (χ0n) is 15.4. The van der Waals surface area contributed by atoms with E-state index in [1.807, 2.05) is 24.3 Å². The van der Waals surface area contributed by atoms with E-state index < -0.39 is 6.10 Å². The molecular weight excluding hydrogens is 316 g/mol. The van der Waals surface area contributed by atoms with E-state index in [2.05, 4.69) is 6.92 Å². The van der Waals surface area contributed by atoms with E-state index in [4.69, 9.17) is 17.0 Å². The molecule has 0 aromatic heterocycles. The van der Waals surface area contributed by atoms with Crippen molar-refractivity contribution in [2.75, 3.05) is 6.61 Å². The Morgan fingerprint density at radius 1 is 0.917 bits per heavy atom. The molecule has 0 aliphatic rings. The fourth-order valence-corrected chi connectivity index (χ4v) is 2.87. The molecule has 136 valence electrons. The molecule has 1 N–H and O–H groups in total. The first-order valence-corrected chi connectivity index (χ1v) is 10.0. The number of benzene rings is 1. The Bertz CT molecular complexity index is 440. The SMILES string of the molecule is CCCCCCCCCCCCOc1ccc(C(=S)C(C)O)cc1. The van der Waals surface area contributed by atoms with Gasteiger partial charge in [-0.1, -0.05) is 89.1 Å². The average molecular weight is 351 g/mol. The lowest BCUT2D eigenvalue weighted by Gasteiger charge is -2.09. The highest BCUT2D eigenvalue weighted by Crippen LogP contribution is 2.15. The number of thiocarbonyl (C=S) groups is 1. The van der Waals surface area contributed by atoms with Crippen molar-refractivity contribution in [1.82, 2.24) is 0 Å². The van der Waals surface area contributed by atoms with E-state index in [-0.39, 0.29) is 0 Å². The van der Waals surface area contributed by atoms with Crippen molar-refractivity contribution in [3.05, 3.63) is 29.8 Å². The zero-order valence-corrected chi connectivity index (χ0v) is 16.2. The molecule has 0 radical (unpaired) electrons. The third-order valence-electron chi connectivity index (χ3n) is 4.28. The summed E-state index contributed by atoms with van der Waals surface area (Å²) < 4.78 is 5.77. The molecule has 1 atom stereocenters. The van der Waals surface area contributed by atoms with Crippen molar-refractivity contribution in [2.45, 2.75) is 84.2 Å². The van der Waals surface area contributed by atoms with E-state index in [0.29, 0.717) is 4.86 Å². The average Bonchev–Trinajstić information content (AvgIpc) is 2.59. The summed E-state index contributed by atoms with van der Waals surface area (Å²) in [6.45, 7) is 4.73. The molecule has 1 aromatic rings. The number of hydrogen-bond acceptors (Lipinski definition) is 3. The second-order valence-electron chi connectivity index (χ2n) is 6.60. The molecule has 1 aromatic carbocycles. The first kappa shape index (κ1) is 21.1. The Morgan fingerprint density at radius 2 is 1.42 bits per heavy atom. The topological polar surface area (TPSA) is 29.5 Å². The number of aliphatic hydroxyl groups excluding tert-OH is 1. The second kappa shape index (κ2) is 13.4. The van der Waals surface area contributed by atoms with Crippen molar-refractivity contribution < 1.29 is 9.84 Å². The lowest BCUT2D eigenvalue weighted by molar-refractivity contribution is 0.265. The van der Waals surface area contributed by atoms with Crippen LogP contribution in [0.25, 0.3) is 0 Å². The van der Waals surface area contributed by atoms with Gasteiger partial charge in [-0.05, 0) is 31.0 Å². The van der Waals surface area contributed by atoms with Gasteiger partial charge in [0.15, 0.2) is 0 Å². The van der Waals surface area contributed by atoms with Gasteiger partial charge in [-0.2, -0.15) is 0 Å². The maximum atomic E-state index is 9.49. The molecule has 0 fully saturated rings. The highest BCUT2D eigenvalue weighted by atomic mass is 32.1. The molecular formula is C21H34O2S. The van der Waals surface area contributed by atoms with Crippen LogP contribution in [-0.2, 0) is 0 Å². The molecule has 0 aliphatic carbocycles. The number of ether oxygens (including phenoxy) is 1. The summed E-state index contributed by atoms with van der Waals surface area (Å²) in [6.07, 6.45) is 12.8. The van der Waals surface area contributed by atoms with E-state index in [9.17, 15) is 5.11 Å². The number of aliphatic hydroxyl groups is 1. The maximum Gasteiger partial charge on any atom is 0.119 e.